The van der Waals surface area contributed by atoms with Crippen LogP contribution < -0.4 is 0 Å². The first-order valence-electron chi connectivity index (χ1n) is 3.53. The van der Waals surface area contributed by atoms with Crippen LogP contribution in [0.15, 0.2) is 0 Å². The van der Waals surface area contributed by atoms with Crippen molar-refractivity contribution >= 4 is 11.6 Å². The molecule has 2 heteroatoms. The molecule has 0 saturated heterocycles. The molecule has 2 atom stereocenters. The first kappa shape index (κ1) is 7.33. The van der Waals surface area contributed by atoms with Gasteiger partial charge in [0.25, 0.3) is 0 Å². The van der Waals surface area contributed by atoms with E-state index >= 15 is 0 Å². The predicted octanol–water partition coefficient (Wildman–Crippen LogP) is 2.75. The van der Waals surface area contributed by atoms with Gasteiger partial charge in [0.1, 0.15) is 6.17 Å². The van der Waals surface area contributed by atoms with Gasteiger partial charge in [0, 0.05) is 5.88 Å². The van der Waals surface area contributed by atoms with E-state index in [4.69, 9.17) is 11.6 Å². The SMILES string of the molecule is FC1CCCC(CCl)C1. The summed E-state index contributed by atoms with van der Waals surface area (Å²) in [5, 5.41) is 0. The van der Waals surface area contributed by atoms with Gasteiger partial charge in [-0.1, -0.05) is 6.42 Å². The Labute approximate surface area is 60.4 Å². The van der Waals surface area contributed by atoms with Crippen LogP contribution in [0.5, 0.6) is 0 Å². The molecule has 0 aromatic rings. The third-order valence-corrected chi connectivity index (χ3v) is 2.37. The summed E-state index contributed by atoms with van der Waals surface area (Å²) in [4.78, 5) is 0. The molecule has 0 aromatic heterocycles. The summed E-state index contributed by atoms with van der Waals surface area (Å²) in [5.74, 6) is 1.09. The van der Waals surface area contributed by atoms with E-state index in [1.165, 1.54) is 0 Å². The summed E-state index contributed by atoms with van der Waals surface area (Å²) in [6.07, 6.45) is 3.04. The van der Waals surface area contributed by atoms with Crippen LogP contribution in [0.2, 0.25) is 0 Å². The lowest BCUT2D eigenvalue weighted by Crippen LogP contribution is -2.16. The minimum Gasteiger partial charge on any atom is -0.247 e. The zero-order chi connectivity index (χ0) is 6.69. The maximum absolute atomic E-state index is 12.6. The number of hydrogen-bond acceptors (Lipinski definition) is 0. The molecule has 54 valence electrons. The average molecular weight is 151 g/mol. The van der Waals surface area contributed by atoms with Crippen molar-refractivity contribution in [3.05, 3.63) is 0 Å². The van der Waals surface area contributed by atoms with Gasteiger partial charge in [-0.15, -0.1) is 11.6 Å². The van der Waals surface area contributed by atoms with Crippen molar-refractivity contribution in [2.75, 3.05) is 5.88 Å². The molecule has 1 aliphatic rings. The van der Waals surface area contributed by atoms with Gasteiger partial charge in [-0.05, 0) is 25.2 Å². The topological polar surface area (TPSA) is 0 Å². The summed E-state index contributed by atoms with van der Waals surface area (Å²) in [7, 11) is 0. The Morgan fingerprint density at radius 1 is 1.44 bits per heavy atom. The van der Waals surface area contributed by atoms with E-state index in [-0.39, 0.29) is 0 Å². The Morgan fingerprint density at radius 3 is 2.67 bits per heavy atom. The number of halogens is 2. The standard InChI is InChI=1S/C7H12ClF/c8-5-6-2-1-3-7(9)4-6/h6-7H,1-5H2. The van der Waals surface area contributed by atoms with Crippen molar-refractivity contribution in [1.29, 1.82) is 0 Å². The average Bonchev–Trinajstić information content (AvgIpc) is 1.88. The van der Waals surface area contributed by atoms with Crippen LogP contribution in [0.4, 0.5) is 4.39 Å². The van der Waals surface area contributed by atoms with Gasteiger partial charge in [-0.25, -0.2) is 4.39 Å². The highest BCUT2D eigenvalue weighted by atomic mass is 35.5. The molecule has 0 nitrogen and oxygen atoms in total. The molecule has 0 aliphatic heterocycles. The Balaban J connectivity index is 2.23. The number of rotatable bonds is 1. The lowest BCUT2D eigenvalue weighted by Gasteiger charge is -2.21. The first-order valence-corrected chi connectivity index (χ1v) is 4.06. The Hall–Kier alpha value is 0.220. The monoisotopic (exact) mass is 150 g/mol. The van der Waals surface area contributed by atoms with Crippen LogP contribution in [0.1, 0.15) is 25.7 Å². The molecule has 0 N–H and O–H groups in total. The van der Waals surface area contributed by atoms with E-state index in [2.05, 4.69) is 0 Å². The molecule has 1 aliphatic carbocycles. The smallest absolute Gasteiger partial charge is 0.100 e. The summed E-state index contributed by atoms with van der Waals surface area (Å²) >= 11 is 5.58. The van der Waals surface area contributed by atoms with Crippen molar-refractivity contribution in [3.63, 3.8) is 0 Å². The molecule has 0 amide bonds. The van der Waals surface area contributed by atoms with Crippen LogP contribution in [-0.4, -0.2) is 12.1 Å². The molecule has 0 spiro atoms. The van der Waals surface area contributed by atoms with Gasteiger partial charge >= 0.3 is 0 Å². The van der Waals surface area contributed by atoms with E-state index in [0.29, 0.717) is 18.2 Å². The van der Waals surface area contributed by atoms with E-state index < -0.39 is 6.17 Å². The second-order valence-electron chi connectivity index (χ2n) is 2.78. The van der Waals surface area contributed by atoms with Gasteiger partial charge in [0.05, 0.1) is 0 Å². The lowest BCUT2D eigenvalue weighted by atomic mass is 9.89. The van der Waals surface area contributed by atoms with Crippen LogP contribution in [-0.2, 0) is 0 Å². The lowest BCUT2D eigenvalue weighted by molar-refractivity contribution is 0.209. The molecular formula is C7H12ClF. The van der Waals surface area contributed by atoms with E-state index in [0.717, 1.165) is 19.3 Å². The fourth-order valence-corrected chi connectivity index (χ4v) is 1.65. The molecule has 1 fully saturated rings. The summed E-state index contributed by atoms with van der Waals surface area (Å²) in [6.45, 7) is 0. The summed E-state index contributed by atoms with van der Waals surface area (Å²) < 4.78 is 12.6. The molecule has 2 unspecified atom stereocenters. The van der Waals surface area contributed by atoms with Gasteiger partial charge in [0.2, 0.25) is 0 Å². The Kier molecular flexibility index (Phi) is 2.77. The molecule has 0 aromatic carbocycles. The largest absolute Gasteiger partial charge is 0.247 e. The predicted molar refractivity (Wildman–Crippen MR) is 37.6 cm³/mol. The van der Waals surface area contributed by atoms with E-state index in [9.17, 15) is 4.39 Å². The van der Waals surface area contributed by atoms with E-state index in [1.54, 1.807) is 0 Å². The van der Waals surface area contributed by atoms with Gasteiger partial charge in [-0.3, -0.25) is 0 Å². The highest BCUT2D eigenvalue weighted by molar-refractivity contribution is 6.18. The maximum atomic E-state index is 12.6. The zero-order valence-corrected chi connectivity index (χ0v) is 6.20. The Bertz CT molecular complexity index is 85.0. The van der Waals surface area contributed by atoms with Crippen LogP contribution >= 0.6 is 11.6 Å². The third kappa shape index (κ3) is 2.13. The zero-order valence-electron chi connectivity index (χ0n) is 5.45. The van der Waals surface area contributed by atoms with Gasteiger partial charge in [-0.2, -0.15) is 0 Å². The fraction of sp³-hybridized carbons (Fsp3) is 1.00. The molecule has 9 heavy (non-hydrogen) atoms. The number of alkyl halides is 2. The molecule has 1 saturated carbocycles. The molecule has 0 heterocycles. The maximum Gasteiger partial charge on any atom is 0.100 e. The molecule has 0 radical (unpaired) electrons. The highest BCUT2D eigenvalue weighted by Gasteiger charge is 2.19. The van der Waals surface area contributed by atoms with Crippen molar-refractivity contribution in [1.82, 2.24) is 0 Å². The molecule has 1 rings (SSSR count). The van der Waals surface area contributed by atoms with Gasteiger partial charge < -0.3 is 0 Å². The van der Waals surface area contributed by atoms with Crippen LogP contribution in [0, 0.1) is 5.92 Å². The second-order valence-corrected chi connectivity index (χ2v) is 3.09. The first-order chi connectivity index (χ1) is 4.33. The quantitative estimate of drug-likeness (QED) is 0.505. The van der Waals surface area contributed by atoms with Crippen LogP contribution in [0.25, 0.3) is 0 Å². The van der Waals surface area contributed by atoms with Crippen molar-refractivity contribution in [2.45, 2.75) is 31.9 Å². The van der Waals surface area contributed by atoms with Gasteiger partial charge in [0.15, 0.2) is 0 Å². The molecular weight excluding hydrogens is 139 g/mol. The van der Waals surface area contributed by atoms with Crippen LogP contribution in [0.3, 0.4) is 0 Å². The number of hydrogen-bond donors (Lipinski definition) is 0. The minimum absolute atomic E-state index is 0.454. The van der Waals surface area contributed by atoms with Crippen molar-refractivity contribution in [3.8, 4) is 0 Å². The van der Waals surface area contributed by atoms with E-state index in [1.807, 2.05) is 0 Å². The highest BCUT2D eigenvalue weighted by Crippen LogP contribution is 2.26. The second kappa shape index (κ2) is 3.40. The third-order valence-electron chi connectivity index (χ3n) is 1.94. The Morgan fingerprint density at radius 2 is 2.22 bits per heavy atom. The fourth-order valence-electron chi connectivity index (χ4n) is 1.37. The molecule has 0 bridgehead atoms. The normalized spacial score (nSPS) is 36.7. The summed E-state index contributed by atoms with van der Waals surface area (Å²) in [5.41, 5.74) is 0. The minimum atomic E-state index is -0.567. The van der Waals surface area contributed by atoms with Crippen molar-refractivity contribution in [2.24, 2.45) is 5.92 Å². The van der Waals surface area contributed by atoms with Crippen molar-refractivity contribution < 1.29 is 4.39 Å². The summed E-state index contributed by atoms with van der Waals surface area (Å²) in [6, 6.07) is 0.